The summed E-state index contributed by atoms with van der Waals surface area (Å²) < 4.78 is 1.93. The van der Waals surface area contributed by atoms with Crippen LogP contribution < -0.4 is 5.56 Å². The number of rotatable bonds is 4. The van der Waals surface area contributed by atoms with Crippen LogP contribution in [-0.4, -0.2) is 4.57 Å². The predicted octanol–water partition coefficient (Wildman–Crippen LogP) is 2.45. The molecule has 0 aromatic carbocycles. The molecule has 1 heterocycles. The van der Waals surface area contributed by atoms with Crippen LogP contribution in [-0.2, 0) is 25.8 Å². The SMILES string of the molecule is CC(C)CCn1c2c(cc(CC#N)c1=O)CCC2. The molecule has 3 heteroatoms. The first-order valence-corrected chi connectivity index (χ1v) is 6.75. The van der Waals surface area contributed by atoms with E-state index in [-0.39, 0.29) is 12.0 Å². The van der Waals surface area contributed by atoms with Crippen LogP contribution in [0.5, 0.6) is 0 Å². The second-order valence-corrected chi connectivity index (χ2v) is 5.47. The van der Waals surface area contributed by atoms with Gasteiger partial charge < -0.3 is 4.57 Å². The highest BCUT2D eigenvalue weighted by atomic mass is 16.1. The lowest BCUT2D eigenvalue weighted by atomic mass is 10.1. The van der Waals surface area contributed by atoms with Gasteiger partial charge in [-0.2, -0.15) is 5.26 Å². The maximum Gasteiger partial charge on any atom is 0.255 e. The number of aryl methyl sites for hydroxylation is 1. The lowest BCUT2D eigenvalue weighted by Crippen LogP contribution is -2.27. The van der Waals surface area contributed by atoms with Gasteiger partial charge >= 0.3 is 0 Å². The van der Waals surface area contributed by atoms with Crippen LogP contribution in [0.15, 0.2) is 10.9 Å². The molecular weight excluding hydrogens is 224 g/mol. The highest BCUT2D eigenvalue weighted by Crippen LogP contribution is 2.22. The first-order valence-electron chi connectivity index (χ1n) is 6.75. The maximum atomic E-state index is 12.3. The zero-order chi connectivity index (χ0) is 13.1. The number of aromatic nitrogens is 1. The van der Waals surface area contributed by atoms with Gasteiger partial charge in [0.05, 0.1) is 12.5 Å². The molecule has 0 unspecified atom stereocenters. The molecule has 0 saturated heterocycles. The monoisotopic (exact) mass is 244 g/mol. The summed E-state index contributed by atoms with van der Waals surface area (Å²) in [6, 6.07) is 4.05. The highest BCUT2D eigenvalue weighted by molar-refractivity contribution is 5.31. The van der Waals surface area contributed by atoms with Gasteiger partial charge in [-0.1, -0.05) is 13.8 Å². The van der Waals surface area contributed by atoms with Gasteiger partial charge in [0, 0.05) is 17.8 Å². The number of pyridine rings is 1. The van der Waals surface area contributed by atoms with Gasteiger partial charge in [0.15, 0.2) is 0 Å². The van der Waals surface area contributed by atoms with Crippen LogP contribution in [0.4, 0.5) is 0 Å². The molecule has 0 amide bonds. The fourth-order valence-corrected chi connectivity index (χ4v) is 2.62. The average molecular weight is 244 g/mol. The van der Waals surface area contributed by atoms with E-state index < -0.39 is 0 Å². The Morgan fingerprint density at radius 2 is 2.22 bits per heavy atom. The molecule has 0 aliphatic heterocycles. The van der Waals surface area contributed by atoms with Crippen molar-refractivity contribution >= 4 is 0 Å². The van der Waals surface area contributed by atoms with Gasteiger partial charge in [-0.3, -0.25) is 4.79 Å². The summed E-state index contributed by atoms with van der Waals surface area (Å²) in [5, 5.41) is 8.80. The summed E-state index contributed by atoms with van der Waals surface area (Å²) in [6.07, 6.45) is 4.44. The van der Waals surface area contributed by atoms with Gasteiger partial charge in [-0.15, -0.1) is 0 Å². The van der Waals surface area contributed by atoms with Crippen LogP contribution in [0.2, 0.25) is 0 Å². The second-order valence-electron chi connectivity index (χ2n) is 5.47. The minimum absolute atomic E-state index is 0.0536. The molecule has 0 saturated carbocycles. The standard InChI is InChI=1S/C15H20N2O/c1-11(2)7-9-17-14-5-3-4-12(14)10-13(6-8-16)15(17)18/h10-11H,3-7,9H2,1-2H3. The zero-order valence-electron chi connectivity index (χ0n) is 11.2. The van der Waals surface area contributed by atoms with Gasteiger partial charge in [-0.25, -0.2) is 0 Å². The van der Waals surface area contributed by atoms with Gasteiger partial charge in [0.25, 0.3) is 5.56 Å². The highest BCUT2D eigenvalue weighted by Gasteiger charge is 2.18. The van der Waals surface area contributed by atoms with Crippen molar-refractivity contribution < 1.29 is 0 Å². The summed E-state index contributed by atoms with van der Waals surface area (Å²) in [5.74, 6) is 0.591. The summed E-state index contributed by atoms with van der Waals surface area (Å²) in [6.45, 7) is 5.13. The Morgan fingerprint density at radius 3 is 2.89 bits per heavy atom. The molecule has 0 fully saturated rings. The number of hydrogen-bond donors (Lipinski definition) is 0. The van der Waals surface area contributed by atoms with E-state index in [1.165, 1.54) is 11.3 Å². The molecule has 1 aliphatic rings. The Morgan fingerprint density at radius 1 is 1.44 bits per heavy atom. The fourth-order valence-electron chi connectivity index (χ4n) is 2.62. The molecule has 0 atom stereocenters. The molecule has 3 nitrogen and oxygen atoms in total. The van der Waals surface area contributed by atoms with E-state index in [2.05, 4.69) is 19.9 Å². The number of fused-ring (bicyclic) bond motifs is 1. The van der Waals surface area contributed by atoms with Crippen LogP contribution in [0.3, 0.4) is 0 Å². The first kappa shape index (κ1) is 12.9. The van der Waals surface area contributed by atoms with E-state index in [1.54, 1.807) is 0 Å². The Bertz CT molecular complexity index is 535. The molecule has 0 radical (unpaired) electrons. The molecule has 96 valence electrons. The Labute approximate surface area is 108 Å². The van der Waals surface area contributed by atoms with E-state index in [1.807, 2.05) is 10.6 Å². The smallest absolute Gasteiger partial charge is 0.255 e. The molecule has 0 N–H and O–H groups in total. The largest absolute Gasteiger partial charge is 0.312 e. The van der Waals surface area contributed by atoms with Crippen molar-refractivity contribution in [2.75, 3.05) is 0 Å². The van der Waals surface area contributed by atoms with Crippen molar-refractivity contribution in [3.8, 4) is 6.07 Å². The van der Waals surface area contributed by atoms with Crippen molar-refractivity contribution in [2.24, 2.45) is 5.92 Å². The summed E-state index contributed by atoms with van der Waals surface area (Å²) >= 11 is 0. The Hall–Kier alpha value is -1.56. The first-order chi connectivity index (χ1) is 8.63. The third-order valence-corrected chi connectivity index (χ3v) is 3.62. The van der Waals surface area contributed by atoms with Crippen LogP contribution >= 0.6 is 0 Å². The molecule has 1 aromatic rings. The number of nitrogens with zero attached hydrogens (tertiary/aromatic N) is 2. The van der Waals surface area contributed by atoms with E-state index >= 15 is 0 Å². The van der Waals surface area contributed by atoms with Crippen LogP contribution in [0.1, 0.15) is 43.5 Å². The van der Waals surface area contributed by atoms with Crippen LogP contribution in [0, 0.1) is 17.2 Å². The summed E-state index contributed by atoms with van der Waals surface area (Å²) in [7, 11) is 0. The minimum atomic E-state index is 0.0536. The number of nitriles is 1. The second kappa shape index (κ2) is 5.39. The molecule has 0 bridgehead atoms. The normalized spacial score (nSPS) is 13.7. The fraction of sp³-hybridized carbons (Fsp3) is 0.600. The van der Waals surface area contributed by atoms with Crippen molar-refractivity contribution in [1.29, 1.82) is 5.26 Å². The molecule has 0 spiro atoms. The average Bonchev–Trinajstić information content (AvgIpc) is 2.77. The quantitative estimate of drug-likeness (QED) is 0.816. The van der Waals surface area contributed by atoms with E-state index in [0.29, 0.717) is 11.5 Å². The van der Waals surface area contributed by atoms with Crippen molar-refractivity contribution in [3.63, 3.8) is 0 Å². The third-order valence-electron chi connectivity index (χ3n) is 3.62. The summed E-state index contributed by atoms with van der Waals surface area (Å²) in [4.78, 5) is 12.3. The number of hydrogen-bond acceptors (Lipinski definition) is 2. The van der Waals surface area contributed by atoms with E-state index in [4.69, 9.17) is 5.26 Å². The molecule has 1 aromatic heterocycles. The van der Waals surface area contributed by atoms with Crippen molar-refractivity contribution in [3.05, 3.63) is 33.2 Å². The third kappa shape index (κ3) is 2.48. The molecular formula is C15H20N2O. The van der Waals surface area contributed by atoms with Crippen molar-refractivity contribution in [2.45, 2.75) is 52.5 Å². The molecule has 1 aliphatic carbocycles. The minimum Gasteiger partial charge on any atom is -0.312 e. The predicted molar refractivity (Wildman–Crippen MR) is 71.5 cm³/mol. The van der Waals surface area contributed by atoms with Gasteiger partial charge in [0.2, 0.25) is 0 Å². The lowest BCUT2D eigenvalue weighted by Gasteiger charge is -2.15. The maximum absolute atomic E-state index is 12.3. The topological polar surface area (TPSA) is 45.8 Å². The molecule has 18 heavy (non-hydrogen) atoms. The lowest BCUT2D eigenvalue weighted by molar-refractivity contribution is 0.497. The molecule has 2 rings (SSSR count). The van der Waals surface area contributed by atoms with Crippen molar-refractivity contribution in [1.82, 2.24) is 4.57 Å². The Kier molecular flexibility index (Phi) is 3.86. The zero-order valence-corrected chi connectivity index (χ0v) is 11.2. The van der Waals surface area contributed by atoms with Gasteiger partial charge in [0.1, 0.15) is 0 Å². The van der Waals surface area contributed by atoms with E-state index in [0.717, 1.165) is 32.2 Å². The van der Waals surface area contributed by atoms with Gasteiger partial charge in [-0.05, 0) is 43.2 Å². The summed E-state index contributed by atoms with van der Waals surface area (Å²) in [5.41, 5.74) is 3.21. The van der Waals surface area contributed by atoms with Crippen LogP contribution in [0.25, 0.3) is 0 Å². The van der Waals surface area contributed by atoms with E-state index in [9.17, 15) is 4.79 Å². The Balaban J connectivity index is 2.42.